The van der Waals surface area contributed by atoms with Gasteiger partial charge in [-0.3, -0.25) is 4.79 Å². The van der Waals surface area contributed by atoms with Crippen molar-refractivity contribution in [2.24, 2.45) is 0 Å². The Kier molecular flexibility index (Phi) is 5.85. The summed E-state index contributed by atoms with van der Waals surface area (Å²) in [6.45, 7) is 3.77. The molecule has 0 aliphatic rings. The number of nitrogens with zero attached hydrogens (tertiary/aromatic N) is 4. The third-order valence-electron chi connectivity index (χ3n) is 4.02. The van der Waals surface area contributed by atoms with E-state index in [4.69, 9.17) is 0 Å². The number of rotatable bonds is 6. The molecule has 1 heterocycles. The lowest BCUT2D eigenvalue weighted by atomic mass is 10.00. The molecular weight excluding hydrogens is 365 g/mol. The van der Waals surface area contributed by atoms with Crippen molar-refractivity contribution in [2.45, 2.75) is 19.9 Å². The van der Waals surface area contributed by atoms with E-state index in [-0.39, 0.29) is 17.8 Å². The van der Waals surface area contributed by atoms with E-state index < -0.39 is 0 Å². The standard InChI is InChI=1S/C19H20FN5OS/c1-12-4-5-17(18(20)6-12)14-7-15(19(26)22-13(2)10-27-3)9-16(8-14)25-11-21-23-24-25/h4-9,11,13H,10H2,1-3H3,(H,22,26). The molecule has 0 aliphatic carbocycles. The highest BCUT2D eigenvalue weighted by Gasteiger charge is 2.15. The van der Waals surface area contributed by atoms with Gasteiger partial charge in [0, 0.05) is 22.9 Å². The topological polar surface area (TPSA) is 72.7 Å². The third-order valence-corrected chi connectivity index (χ3v) is 4.86. The minimum Gasteiger partial charge on any atom is -0.349 e. The second-order valence-electron chi connectivity index (χ2n) is 6.34. The fourth-order valence-corrected chi connectivity index (χ4v) is 3.35. The van der Waals surface area contributed by atoms with Gasteiger partial charge in [-0.25, -0.2) is 9.07 Å². The molecular formula is C19H20FN5OS. The molecule has 3 aromatic rings. The first-order chi connectivity index (χ1) is 13.0. The van der Waals surface area contributed by atoms with E-state index in [1.54, 1.807) is 36.0 Å². The summed E-state index contributed by atoms with van der Waals surface area (Å²) in [7, 11) is 0. The van der Waals surface area contributed by atoms with E-state index in [1.165, 1.54) is 17.1 Å². The van der Waals surface area contributed by atoms with Crippen LogP contribution in [0, 0.1) is 12.7 Å². The van der Waals surface area contributed by atoms with Crippen molar-refractivity contribution < 1.29 is 9.18 Å². The first-order valence-corrected chi connectivity index (χ1v) is 9.82. The molecule has 0 spiro atoms. The number of benzene rings is 2. The highest BCUT2D eigenvalue weighted by Crippen LogP contribution is 2.27. The van der Waals surface area contributed by atoms with E-state index in [0.29, 0.717) is 22.4 Å². The SMILES string of the molecule is CSCC(C)NC(=O)c1cc(-c2ccc(C)cc2F)cc(-n2cnnn2)c1. The maximum atomic E-state index is 14.5. The number of tetrazole rings is 1. The Bertz CT molecular complexity index is 945. The first-order valence-electron chi connectivity index (χ1n) is 8.42. The molecule has 0 aliphatic heterocycles. The van der Waals surface area contributed by atoms with Crippen LogP contribution < -0.4 is 5.32 Å². The Morgan fingerprint density at radius 2 is 2.11 bits per heavy atom. The highest BCUT2D eigenvalue weighted by molar-refractivity contribution is 7.98. The molecule has 1 aromatic heterocycles. The van der Waals surface area contributed by atoms with E-state index in [9.17, 15) is 9.18 Å². The van der Waals surface area contributed by atoms with Gasteiger partial charge < -0.3 is 5.32 Å². The maximum absolute atomic E-state index is 14.5. The second-order valence-corrected chi connectivity index (χ2v) is 7.25. The van der Waals surface area contributed by atoms with Gasteiger partial charge in [0.25, 0.3) is 5.91 Å². The smallest absolute Gasteiger partial charge is 0.251 e. The van der Waals surface area contributed by atoms with Crippen molar-refractivity contribution >= 4 is 17.7 Å². The van der Waals surface area contributed by atoms with Gasteiger partial charge in [-0.1, -0.05) is 12.1 Å². The molecule has 27 heavy (non-hydrogen) atoms. The van der Waals surface area contributed by atoms with Crippen LogP contribution in [0.4, 0.5) is 4.39 Å². The minimum atomic E-state index is -0.342. The van der Waals surface area contributed by atoms with Crippen LogP contribution in [0.15, 0.2) is 42.7 Å². The molecule has 1 atom stereocenters. The number of hydrogen-bond donors (Lipinski definition) is 1. The van der Waals surface area contributed by atoms with Crippen molar-refractivity contribution in [3.05, 3.63) is 59.7 Å². The zero-order valence-electron chi connectivity index (χ0n) is 15.3. The fourth-order valence-electron chi connectivity index (χ4n) is 2.76. The van der Waals surface area contributed by atoms with Crippen LogP contribution in [0.25, 0.3) is 16.8 Å². The summed E-state index contributed by atoms with van der Waals surface area (Å²) in [4.78, 5) is 12.7. The molecule has 140 valence electrons. The molecule has 0 radical (unpaired) electrons. The summed E-state index contributed by atoms with van der Waals surface area (Å²) >= 11 is 1.66. The van der Waals surface area contributed by atoms with E-state index in [1.807, 2.05) is 26.2 Å². The summed E-state index contributed by atoms with van der Waals surface area (Å²) in [5, 5.41) is 14.1. The predicted octanol–water partition coefficient (Wildman–Crippen LogP) is 3.26. The van der Waals surface area contributed by atoms with E-state index in [0.717, 1.165) is 11.3 Å². The number of hydrogen-bond acceptors (Lipinski definition) is 5. The number of thioether (sulfide) groups is 1. The van der Waals surface area contributed by atoms with Crippen molar-refractivity contribution in [1.82, 2.24) is 25.5 Å². The van der Waals surface area contributed by atoms with Crippen molar-refractivity contribution in [2.75, 3.05) is 12.0 Å². The van der Waals surface area contributed by atoms with Crippen LogP contribution in [0.3, 0.4) is 0 Å². The van der Waals surface area contributed by atoms with Crippen LogP contribution in [-0.4, -0.2) is 44.2 Å². The van der Waals surface area contributed by atoms with Gasteiger partial charge in [0.1, 0.15) is 12.1 Å². The highest BCUT2D eigenvalue weighted by atomic mass is 32.2. The van der Waals surface area contributed by atoms with Crippen LogP contribution in [0.2, 0.25) is 0 Å². The average Bonchev–Trinajstić information content (AvgIpc) is 3.16. The Labute approximate surface area is 161 Å². The van der Waals surface area contributed by atoms with Crippen LogP contribution in [0.5, 0.6) is 0 Å². The number of amides is 1. The molecule has 0 bridgehead atoms. The Hall–Kier alpha value is -2.74. The largest absolute Gasteiger partial charge is 0.349 e. The Morgan fingerprint density at radius 1 is 1.30 bits per heavy atom. The fraction of sp³-hybridized carbons (Fsp3) is 0.263. The van der Waals surface area contributed by atoms with Gasteiger partial charge >= 0.3 is 0 Å². The maximum Gasteiger partial charge on any atom is 0.251 e. The lowest BCUT2D eigenvalue weighted by Gasteiger charge is -2.14. The average molecular weight is 385 g/mol. The van der Waals surface area contributed by atoms with E-state index >= 15 is 0 Å². The van der Waals surface area contributed by atoms with E-state index in [2.05, 4.69) is 20.8 Å². The normalized spacial score (nSPS) is 12.0. The summed E-state index contributed by atoms with van der Waals surface area (Å²) in [6, 6.07) is 10.2. The molecule has 1 N–H and O–H groups in total. The number of carbonyl (C=O) groups is 1. The monoisotopic (exact) mass is 385 g/mol. The van der Waals surface area contributed by atoms with Crippen LogP contribution >= 0.6 is 11.8 Å². The number of halogens is 1. The molecule has 2 aromatic carbocycles. The van der Waals surface area contributed by atoms with Crippen LogP contribution in [-0.2, 0) is 0 Å². The van der Waals surface area contributed by atoms with Gasteiger partial charge in [-0.05, 0) is 65.9 Å². The lowest BCUT2D eigenvalue weighted by Crippen LogP contribution is -2.34. The molecule has 0 fully saturated rings. The molecule has 1 unspecified atom stereocenters. The zero-order chi connectivity index (χ0) is 19.4. The molecule has 6 nitrogen and oxygen atoms in total. The minimum absolute atomic E-state index is 0.0174. The summed E-state index contributed by atoms with van der Waals surface area (Å²) in [5.74, 6) is 0.240. The lowest BCUT2D eigenvalue weighted by molar-refractivity contribution is 0.0943. The van der Waals surface area contributed by atoms with Crippen molar-refractivity contribution in [1.29, 1.82) is 0 Å². The van der Waals surface area contributed by atoms with Crippen molar-refractivity contribution in [3.63, 3.8) is 0 Å². The predicted molar refractivity (Wildman–Crippen MR) is 105 cm³/mol. The van der Waals surface area contributed by atoms with Gasteiger partial charge in [-0.2, -0.15) is 11.8 Å². The summed E-state index contributed by atoms with van der Waals surface area (Å²) in [5.41, 5.74) is 2.84. The Balaban J connectivity index is 2.05. The first kappa shape index (κ1) is 19.0. The molecule has 8 heteroatoms. The summed E-state index contributed by atoms with van der Waals surface area (Å²) in [6.07, 6.45) is 3.42. The van der Waals surface area contributed by atoms with Gasteiger partial charge in [-0.15, -0.1) is 5.10 Å². The van der Waals surface area contributed by atoms with Gasteiger partial charge in [0.05, 0.1) is 5.69 Å². The van der Waals surface area contributed by atoms with Gasteiger partial charge in [0.15, 0.2) is 0 Å². The van der Waals surface area contributed by atoms with Gasteiger partial charge in [0.2, 0.25) is 0 Å². The molecule has 3 rings (SSSR count). The van der Waals surface area contributed by atoms with Crippen molar-refractivity contribution in [3.8, 4) is 16.8 Å². The number of nitrogens with one attached hydrogen (secondary N) is 1. The third kappa shape index (κ3) is 4.51. The quantitative estimate of drug-likeness (QED) is 0.705. The number of aromatic nitrogens is 4. The summed E-state index contributed by atoms with van der Waals surface area (Å²) < 4.78 is 15.9. The molecule has 0 saturated heterocycles. The number of aryl methyl sites for hydroxylation is 1. The Morgan fingerprint density at radius 3 is 2.78 bits per heavy atom. The number of carbonyl (C=O) groups excluding carboxylic acids is 1. The second kappa shape index (κ2) is 8.30. The molecule has 0 saturated carbocycles. The van der Waals surface area contributed by atoms with Crippen LogP contribution in [0.1, 0.15) is 22.8 Å². The molecule has 1 amide bonds. The zero-order valence-corrected chi connectivity index (χ0v) is 16.1.